The van der Waals surface area contributed by atoms with Gasteiger partial charge in [-0.15, -0.1) is 0 Å². The third-order valence-corrected chi connectivity index (χ3v) is 4.82. The molecule has 1 aliphatic heterocycles. The fraction of sp³-hybridized carbons (Fsp3) is 0.238. The number of imidazole rings is 1. The molecule has 0 fully saturated rings. The van der Waals surface area contributed by atoms with E-state index in [-0.39, 0.29) is 11.5 Å². The minimum atomic E-state index is -0.956. The van der Waals surface area contributed by atoms with Crippen LogP contribution in [0.5, 0.6) is 11.5 Å². The van der Waals surface area contributed by atoms with Crippen molar-refractivity contribution in [2.45, 2.75) is 13.0 Å². The van der Waals surface area contributed by atoms with Crippen LogP contribution in [0.25, 0.3) is 11.4 Å². The lowest BCUT2D eigenvalue weighted by Crippen LogP contribution is -2.25. The molecule has 27 heavy (non-hydrogen) atoms. The van der Waals surface area contributed by atoms with E-state index in [0.29, 0.717) is 24.5 Å². The number of fused-ring (bicyclic) bond motifs is 1. The van der Waals surface area contributed by atoms with Gasteiger partial charge in [-0.3, -0.25) is 0 Å². The van der Waals surface area contributed by atoms with Crippen molar-refractivity contribution >= 4 is 5.97 Å². The normalized spacial score (nSPS) is 15.7. The zero-order valence-electron chi connectivity index (χ0n) is 15.0. The van der Waals surface area contributed by atoms with E-state index in [2.05, 4.69) is 11.1 Å². The van der Waals surface area contributed by atoms with E-state index in [4.69, 9.17) is 9.47 Å². The highest BCUT2D eigenvalue weighted by atomic mass is 16.5. The summed E-state index contributed by atoms with van der Waals surface area (Å²) in [6.45, 7) is 1.27. The van der Waals surface area contributed by atoms with Gasteiger partial charge in [-0.05, 0) is 24.1 Å². The Bertz CT molecular complexity index is 980. The van der Waals surface area contributed by atoms with Gasteiger partial charge < -0.3 is 19.1 Å². The maximum absolute atomic E-state index is 11.5. The number of methoxy groups -OCH3 is 1. The van der Waals surface area contributed by atoms with Crippen LogP contribution in [-0.2, 0) is 13.0 Å². The zero-order chi connectivity index (χ0) is 18.8. The topological polar surface area (TPSA) is 73.6 Å². The highest BCUT2D eigenvalue weighted by Gasteiger charge is 2.24. The van der Waals surface area contributed by atoms with E-state index in [0.717, 1.165) is 23.5 Å². The minimum absolute atomic E-state index is 0.250. The molecule has 0 amide bonds. The van der Waals surface area contributed by atoms with Crippen molar-refractivity contribution in [1.29, 1.82) is 0 Å². The van der Waals surface area contributed by atoms with Gasteiger partial charge in [0.05, 0.1) is 19.3 Å². The van der Waals surface area contributed by atoms with E-state index in [1.165, 1.54) is 0 Å². The first-order valence-corrected chi connectivity index (χ1v) is 8.80. The molecule has 6 heteroatoms. The molecule has 1 N–H and O–H groups in total. The molecular formula is C21H20N2O4. The predicted octanol–water partition coefficient (Wildman–Crippen LogP) is 3.51. The number of benzene rings is 2. The number of carbonyl (C=O) groups is 1. The summed E-state index contributed by atoms with van der Waals surface area (Å²) in [5, 5.41) is 9.47. The van der Waals surface area contributed by atoms with Gasteiger partial charge in [-0.1, -0.05) is 30.3 Å². The summed E-state index contributed by atoms with van der Waals surface area (Å²) in [5.41, 5.74) is 1.99. The van der Waals surface area contributed by atoms with Crippen LogP contribution in [0.1, 0.15) is 15.9 Å². The monoisotopic (exact) mass is 364 g/mol. The van der Waals surface area contributed by atoms with E-state index in [9.17, 15) is 9.90 Å². The zero-order valence-corrected chi connectivity index (χ0v) is 15.0. The molecule has 0 spiro atoms. The molecule has 1 unspecified atom stereocenters. The Morgan fingerprint density at radius 1 is 1.30 bits per heavy atom. The molecule has 0 saturated heterocycles. The van der Waals surface area contributed by atoms with Gasteiger partial charge in [-0.25, -0.2) is 9.78 Å². The van der Waals surface area contributed by atoms with Crippen LogP contribution in [0.3, 0.4) is 0 Å². The summed E-state index contributed by atoms with van der Waals surface area (Å²) in [6.07, 6.45) is 4.45. The number of rotatable bonds is 5. The summed E-state index contributed by atoms with van der Waals surface area (Å²) in [6, 6.07) is 12.9. The Labute approximate surface area is 157 Å². The van der Waals surface area contributed by atoms with Gasteiger partial charge in [-0.2, -0.15) is 0 Å². The minimum Gasteiger partial charge on any atom is -0.493 e. The summed E-state index contributed by atoms with van der Waals surface area (Å²) in [5.74, 6) is 1.53. The number of ether oxygens (including phenoxy) is 2. The lowest BCUT2D eigenvalue weighted by molar-refractivity contribution is 0.0697. The van der Waals surface area contributed by atoms with Crippen molar-refractivity contribution in [2.75, 3.05) is 13.7 Å². The van der Waals surface area contributed by atoms with Crippen LogP contribution >= 0.6 is 0 Å². The molecule has 1 aromatic heterocycles. The number of carboxylic acids is 1. The Kier molecular flexibility index (Phi) is 4.54. The van der Waals surface area contributed by atoms with E-state index in [1.807, 2.05) is 29.0 Å². The molecule has 0 saturated carbocycles. The van der Waals surface area contributed by atoms with E-state index in [1.54, 1.807) is 31.5 Å². The summed E-state index contributed by atoms with van der Waals surface area (Å²) in [7, 11) is 1.64. The average Bonchev–Trinajstić information content (AvgIpc) is 3.15. The lowest BCUT2D eigenvalue weighted by atomic mass is 9.96. The number of carboxylic acid groups (broad SMARTS) is 1. The molecule has 138 valence electrons. The third kappa shape index (κ3) is 3.26. The van der Waals surface area contributed by atoms with Crippen molar-refractivity contribution in [3.05, 3.63) is 66.0 Å². The highest BCUT2D eigenvalue weighted by Crippen LogP contribution is 2.36. The van der Waals surface area contributed by atoms with Gasteiger partial charge in [0, 0.05) is 30.4 Å². The Hall–Kier alpha value is -3.28. The summed E-state index contributed by atoms with van der Waals surface area (Å²) >= 11 is 0. The predicted molar refractivity (Wildman–Crippen MR) is 100 cm³/mol. The highest BCUT2D eigenvalue weighted by molar-refractivity contribution is 5.95. The number of hydrogen-bond acceptors (Lipinski definition) is 4. The summed E-state index contributed by atoms with van der Waals surface area (Å²) in [4.78, 5) is 16.0. The lowest BCUT2D eigenvalue weighted by Gasteiger charge is -2.27. The number of nitrogens with zero attached hydrogens (tertiary/aromatic N) is 2. The average molecular weight is 364 g/mol. The second-order valence-electron chi connectivity index (χ2n) is 6.58. The largest absolute Gasteiger partial charge is 0.493 e. The maximum Gasteiger partial charge on any atom is 0.336 e. The van der Waals surface area contributed by atoms with Crippen LogP contribution in [-0.4, -0.2) is 34.3 Å². The first-order valence-electron chi connectivity index (χ1n) is 8.80. The Morgan fingerprint density at radius 3 is 2.96 bits per heavy atom. The van der Waals surface area contributed by atoms with Gasteiger partial charge in [0.1, 0.15) is 5.82 Å². The second kappa shape index (κ2) is 7.15. The number of aromatic nitrogens is 2. The van der Waals surface area contributed by atoms with Gasteiger partial charge in [0.25, 0.3) is 0 Å². The van der Waals surface area contributed by atoms with E-state index < -0.39 is 5.97 Å². The number of aromatic carboxylic acids is 1. The van der Waals surface area contributed by atoms with E-state index >= 15 is 0 Å². The second-order valence-corrected chi connectivity index (χ2v) is 6.58. The molecular weight excluding hydrogens is 344 g/mol. The van der Waals surface area contributed by atoms with Crippen LogP contribution in [0.2, 0.25) is 0 Å². The third-order valence-electron chi connectivity index (χ3n) is 4.82. The molecule has 0 bridgehead atoms. The SMILES string of the molecule is COc1cccc2c1OCC(Cn1ccnc1-c1ccccc1C(=O)O)C2. The molecule has 6 nitrogen and oxygen atoms in total. The summed E-state index contributed by atoms with van der Waals surface area (Å²) < 4.78 is 13.3. The first kappa shape index (κ1) is 17.1. The van der Waals surface area contributed by atoms with Gasteiger partial charge in [0.15, 0.2) is 11.5 Å². The molecule has 0 radical (unpaired) electrons. The molecule has 1 atom stereocenters. The number of para-hydroxylation sites is 1. The molecule has 2 heterocycles. The standard InChI is InChI=1S/C21H20N2O4/c1-26-18-8-4-5-15-11-14(13-27-19(15)18)12-23-10-9-22-20(23)16-6-2-3-7-17(16)21(24)25/h2-10,14H,11-13H2,1H3,(H,24,25). The molecule has 1 aliphatic rings. The van der Waals surface area contributed by atoms with Crippen LogP contribution in [0.15, 0.2) is 54.9 Å². The maximum atomic E-state index is 11.5. The van der Waals surface area contributed by atoms with Crippen LogP contribution < -0.4 is 9.47 Å². The Morgan fingerprint density at radius 2 is 2.15 bits per heavy atom. The van der Waals surface area contributed by atoms with Crippen LogP contribution in [0.4, 0.5) is 0 Å². The molecule has 4 rings (SSSR count). The number of hydrogen-bond donors (Lipinski definition) is 1. The van der Waals surface area contributed by atoms with Crippen molar-refractivity contribution in [2.24, 2.45) is 5.92 Å². The fourth-order valence-electron chi connectivity index (χ4n) is 3.58. The van der Waals surface area contributed by atoms with Gasteiger partial charge >= 0.3 is 5.97 Å². The molecule has 3 aromatic rings. The van der Waals surface area contributed by atoms with Crippen LogP contribution in [0, 0.1) is 5.92 Å². The quantitative estimate of drug-likeness (QED) is 0.750. The Balaban J connectivity index is 1.59. The first-order chi connectivity index (χ1) is 13.2. The molecule has 2 aromatic carbocycles. The fourth-order valence-corrected chi connectivity index (χ4v) is 3.58. The van der Waals surface area contributed by atoms with Crippen molar-refractivity contribution in [3.63, 3.8) is 0 Å². The van der Waals surface area contributed by atoms with Crippen molar-refractivity contribution < 1.29 is 19.4 Å². The van der Waals surface area contributed by atoms with Crippen molar-refractivity contribution in [3.8, 4) is 22.9 Å². The smallest absolute Gasteiger partial charge is 0.336 e. The van der Waals surface area contributed by atoms with Crippen molar-refractivity contribution in [1.82, 2.24) is 9.55 Å². The molecule has 0 aliphatic carbocycles. The van der Waals surface area contributed by atoms with Gasteiger partial charge in [0.2, 0.25) is 0 Å².